The van der Waals surface area contributed by atoms with E-state index in [0.29, 0.717) is 13.2 Å². The first-order chi connectivity index (χ1) is 11.7. The standard InChI is InChI=1S/C18H19FN4O/c1-13-9-18(16-10-14(19)3-4-17(16)21-13)22-7-8-24-15(11-22)12-23-6-2-5-20-23/h2-6,9-10,15H,7-8,11-12H2,1H3. The van der Waals surface area contributed by atoms with E-state index in [9.17, 15) is 4.39 Å². The average Bonchev–Trinajstić information content (AvgIpc) is 3.08. The van der Waals surface area contributed by atoms with Crippen LogP contribution in [0.3, 0.4) is 0 Å². The zero-order valence-electron chi connectivity index (χ0n) is 13.5. The van der Waals surface area contributed by atoms with Gasteiger partial charge in [-0.05, 0) is 37.3 Å². The summed E-state index contributed by atoms with van der Waals surface area (Å²) in [5.74, 6) is -0.240. The first-order valence-electron chi connectivity index (χ1n) is 8.10. The summed E-state index contributed by atoms with van der Waals surface area (Å²) in [6, 6.07) is 8.69. The number of aromatic nitrogens is 3. The second-order valence-electron chi connectivity index (χ2n) is 6.11. The summed E-state index contributed by atoms with van der Waals surface area (Å²) in [5, 5.41) is 5.09. The maximum atomic E-state index is 13.7. The van der Waals surface area contributed by atoms with Crippen LogP contribution in [0.5, 0.6) is 0 Å². The van der Waals surface area contributed by atoms with Gasteiger partial charge >= 0.3 is 0 Å². The van der Waals surface area contributed by atoms with Gasteiger partial charge in [0.2, 0.25) is 0 Å². The minimum atomic E-state index is -0.240. The van der Waals surface area contributed by atoms with Crippen molar-refractivity contribution < 1.29 is 9.13 Å². The fourth-order valence-electron chi connectivity index (χ4n) is 3.24. The molecule has 0 saturated carbocycles. The van der Waals surface area contributed by atoms with Gasteiger partial charge in [0.15, 0.2) is 0 Å². The smallest absolute Gasteiger partial charge is 0.124 e. The second kappa shape index (κ2) is 6.20. The molecular weight excluding hydrogens is 307 g/mol. The molecule has 4 rings (SSSR count). The normalized spacial score (nSPS) is 18.2. The minimum Gasteiger partial charge on any atom is -0.373 e. The highest BCUT2D eigenvalue weighted by atomic mass is 19.1. The lowest BCUT2D eigenvalue weighted by molar-refractivity contribution is 0.0275. The molecule has 3 heterocycles. The molecule has 0 radical (unpaired) electrons. The number of halogens is 1. The highest BCUT2D eigenvalue weighted by Crippen LogP contribution is 2.29. The number of aryl methyl sites for hydroxylation is 1. The SMILES string of the molecule is Cc1cc(N2CCOC(Cn3cccn3)C2)c2cc(F)ccc2n1. The van der Waals surface area contributed by atoms with Crippen molar-refractivity contribution in [3.63, 3.8) is 0 Å². The average molecular weight is 326 g/mol. The van der Waals surface area contributed by atoms with E-state index < -0.39 is 0 Å². The van der Waals surface area contributed by atoms with Crippen LogP contribution in [0.4, 0.5) is 10.1 Å². The van der Waals surface area contributed by atoms with Gasteiger partial charge in [0.25, 0.3) is 0 Å². The summed E-state index contributed by atoms with van der Waals surface area (Å²) in [6.45, 7) is 4.84. The predicted octanol–water partition coefficient (Wildman–Crippen LogP) is 2.78. The minimum absolute atomic E-state index is 0.0516. The largest absolute Gasteiger partial charge is 0.373 e. The topological polar surface area (TPSA) is 43.2 Å². The van der Waals surface area contributed by atoms with E-state index in [0.717, 1.165) is 35.4 Å². The zero-order valence-corrected chi connectivity index (χ0v) is 13.5. The molecule has 124 valence electrons. The summed E-state index contributed by atoms with van der Waals surface area (Å²) < 4.78 is 21.5. The van der Waals surface area contributed by atoms with Crippen molar-refractivity contribution in [2.24, 2.45) is 0 Å². The number of nitrogens with zero attached hydrogens (tertiary/aromatic N) is 4. The van der Waals surface area contributed by atoms with Gasteiger partial charge in [0.05, 0.1) is 24.8 Å². The van der Waals surface area contributed by atoms with Crippen LogP contribution in [-0.2, 0) is 11.3 Å². The number of fused-ring (bicyclic) bond motifs is 1. The molecule has 0 aliphatic carbocycles. The Labute approximate surface area is 139 Å². The van der Waals surface area contributed by atoms with Gasteiger partial charge in [-0.15, -0.1) is 0 Å². The number of hydrogen-bond donors (Lipinski definition) is 0. The Morgan fingerprint density at radius 3 is 3.08 bits per heavy atom. The fourth-order valence-corrected chi connectivity index (χ4v) is 3.24. The van der Waals surface area contributed by atoms with Crippen LogP contribution in [0.2, 0.25) is 0 Å². The van der Waals surface area contributed by atoms with Crippen LogP contribution < -0.4 is 4.90 Å². The Balaban J connectivity index is 1.65. The maximum Gasteiger partial charge on any atom is 0.124 e. The van der Waals surface area contributed by atoms with E-state index >= 15 is 0 Å². The molecule has 1 aliphatic rings. The number of rotatable bonds is 3. The van der Waals surface area contributed by atoms with Crippen molar-refractivity contribution in [1.82, 2.24) is 14.8 Å². The lowest BCUT2D eigenvalue weighted by Crippen LogP contribution is -2.44. The number of morpholine rings is 1. The Morgan fingerprint density at radius 1 is 1.33 bits per heavy atom. The highest BCUT2D eigenvalue weighted by molar-refractivity contribution is 5.92. The molecule has 0 amide bonds. The van der Waals surface area contributed by atoms with Crippen molar-refractivity contribution in [3.05, 3.63) is 54.2 Å². The molecule has 1 saturated heterocycles. The Bertz CT molecular complexity index is 850. The van der Waals surface area contributed by atoms with Crippen molar-refractivity contribution in [1.29, 1.82) is 0 Å². The second-order valence-corrected chi connectivity index (χ2v) is 6.11. The number of pyridine rings is 1. The van der Waals surface area contributed by atoms with E-state index in [4.69, 9.17) is 4.74 Å². The highest BCUT2D eigenvalue weighted by Gasteiger charge is 2.23. The lowest BCUT2D eigenvalue weighted by Gasteiger charge is -2.35. The molecule has 1 fully saturated rings. The first-order valence-corrected chi connectivity index (χ1v) is 8.10. The maximum absolute atomic E-state index is 13.7. The summed E-state index contributed by atoms with van der Waals surface area (Å²) >= 11 is 0. The summed E-state index contributed by atoms with van der Waals surface area (Å²) in [7, 11) is 0. The van der Waals surface area contributed by atoms with Gasteiger partial charge in [-0.3, -0.25) is 9.67 Å². The molecule has 24 heavy (non-hydrogen) atoms. The molecule has 0 bridgehead atoms. The van der Waals surface area contributed by atoms with Crippen LogP contribution in [0.1, 0.15) is 5.69 Å². The van der Waals surface area contributed by atoms with Gasteiger partial charge in [-0.25, -0.2) is 4.39 Å². The third kappa shape index (κ3) is 2.97. The van der Waals surface area contributed by atoms with Gasteiger partial charge in [0, 0.05) is 42.3 Å². The quantitative estimate of drug-likeness (QED) is 0.742. The summed E-state index contributed by atoms with van der Waals surface area (Å²) in [6.07, 6.45) is 3.75. The van der Waals surface area contributed by atoms with Crippen LogP contribution in [0.15, 0.2) is 42.7 Å². The lowest BCUT2D eigenvalue weighted by atomic mass is 10.1. The fraction of sp³-hybridized carbons (Fsp3) is 0.333. The van der Waals surface area contributed by atoms with E-state index in [-0.39, 0.29) is 11.9 Å². The van der Waals surface area contributed by atoms with Crippen LogP contribution >= 0.6 is 0 Å². The van der Waals surface area contributed by atoms with Crippen LogP contribution in [0, 0.1) is 12.7 Å². The molecule has 1 aromatic carbocycles. The van der Waals surface area contributed by atoms with Crippen molar-refractivity contribution in [3.8, 4) is 0 Å². The monoisotopic (exact) mass is 326 g/mol. The van der Waals surface area contributed by atoms with Crippen molar-refractivity contribution in [2.75, 3.05) is 24.6 Å². The van der Waals surface area contributed by atoms with Gasteiger partial charge in [-0.2, -0.15) is 5.10 Å². The Morgan fingerprint density at radius 2 is 2.25 bits per heavy atom. The zero-order chi connectivity index (χ0) is 16.5. The number of hydrogen-bond acceptors (Lipinski definition) is 4. The third-order valence-electron chi connectivity index (χ3n) is 4.31. The van der Waals surface area contributed by atoms with Crippen LogP contribution in [-0.4, -0.2) is 40.6 Å². The molecule has 6 heteroatoms. The first kappa shape index (κ1) is 15.1. The van der Waals surface area contributed by atoms with E-state index in [1.807, 2.05) is 29.9 Å². The summed E-state index contributed by atoms with van der Waals surface area (Å²) in [4.78, 5) is 6.77. The Hall–Kier alpha value is -2.47. The van der Waals surface area contributed by atoms with Gasteiger partial charge < -0.3 is 9.64 Å². The van der Waals surface area contributed by atoms with E-state index in [1.54, 1.807) is 18.3 Å². The molecular formula is C18H19FN4O. The van der Waals surface area contributed by atoms with Crippen molar-refractivity contribution >= 4 is 16.6 Å². The van der Waals surface area contributed by atoms with Crippen LogP contribution in [0.25, 0.3) is 10.9 Å². The molecule has 5 nitrogen and oxygen atoms in total. The molecule has 1 unspecified atom stereocenters. The third-order valence-corrected chi connectivity index (χ3v) is 4.31. The molecule has 0 spiro atoms. The number of anilines is 1. The van der Waals surface area contributed by atoms with Gasteiger partial charge in [0.1, 0.15) is 5.82 Å². The predicted molar refractivity (Wildman–Crippen MR) is 90.6 cm³/mol. The molecule has 1 atom stereocenters. The Kier molecular flexibility index (Phi) is 3.90. The molecule has 1 aliphatic heterocycles. The molecule has 2 aromatic heterocycles. The van der Waals surface area contributed by atoms with E-state index in [2.05, 4.69) is 15.0 Å². The summed E-state index contributed by atoms with van der Waals surface area (Å²) in [5.41, 5.74) is 2.77. The van der Waals surface area contributed by atoms with Gasteiger partial charge in [-0.1, -0.05) is 0 Å². The number of benzene rings is 1. The molecule has 3 aromatic rings. The molecule has 0 N–H and O–H groups in total. The van der Waals surface area contributed by atoms with Crippen molar-refractivity contribution in [2.45, 2.75) is 19.6 Å². The van der Waals surface area contributed by atoms with E-state index in [1.165, 1.54) is 6.07 Å². The number of ether oxygens (including phenoxy) is 1.